The summed E-state index contributed by atoms with van der Waals surface area (Å²) in [6, 6.07) is 5.23. The Labute approximate surface area is 212 Å². The maximum absolute atomic E-state index is 13.3. The van der Waals surface area contributed by atoms with Gasteiger partial charge in [-0.1, -0.05) is 6.07 Å². The summed E-state index contributed by atoms with van der Waals surface area (Å²) in [5.41, 5.74) is -1.49. The molecule has 3 amide bonds. The molecule has 2 bridgehead atoms. The van der Waals surface area contributed by atoms with Crippen LogP contribution in [0.25, 0.3) is 0 Å². The third-order valence-electron chi connectivity index (χ3n) is 7.58. The summed E-state index contributed by atoms with van der Waals surface area (Å²) in [6.45, 7) is 0.541. The third-order valence-corrected chi connectivity index (χ3v) is 7.58. The minimum atomic E-state index is -1.06. The Hall–Kier alpha value is -4.09. The van der Waals surface area contributed by atoms with Crippen molar-refractivity contribution < 1.29 is 29.0 Å². The predicted octanol–water partition coefficient (Wildman–Crippen LogP) is 0.553. The number of likely N-dealkylation sites (N-methyl/N-ethyl adjacent to an activating group) is 2. The van der Waals surface area contributed by atoms with E-state index in [0.717, 1.165) is 5.56 Å². The van der Waals surface area contributed by atoms with Gasteiger partial charge in [-0.25, -0.2) is 4.98 Å². The summed E-state index contributed by atoms with van der Waals surface area (Å²) in [5, 5.41) is 13.4. The number of hydrogen-bond donors (Lipinski definition) is 2. The fourth-order valence-corrected chi connectivity index (χ4v) is 5.38. The average molecular weight is 512 g/mol. The molecule has 2 aromatic rings. The molecule has 12 heteroatoms. The average Bonchev–Trinajstić information content (AvgIpc) is 3.24. The van der Waals surface area contributed by atoms with E-state index in [4.69, 9.17) is 9.47 Å². The number of fused-ring (bicyclic) bond motifs is 3. The molecule has 6 rings (SSSR count). The van der Waals surface area contributed by atoms with Gasteiger partial charge in [0.25, 0.3) is 11.5 Å². The molecule has 0 atom stereocenters. The topological polar surface area (TPSA) is 143 Å². The lowest BCUT2D eigenvalue weighted by Gasteiger charge is -2.43. The first-order valence-electron chi connectivity index (χ1n) is 12.1. The number of amides is 3. The van der Waals surface area contributed by atoms with Crippen molar-refractivity contribution in [3.05, 3.63) is 45.6 Å². The van der Waals surface area contributed by atoms with Crippen LogP contribution in [0.15, 0.2) is 23.0 Å². The largest absolute Gasteiger partial charge is 0.501 e. The summed E-state index contributed by atoms with van der Waals surface area (Å²) in [7, 11) is 4.51. The Bertz CT molecular complexity index is 1340. The standard InChI is InChI=1S/C25H29N5O7/c1-28(2)22(34)23(35)29(3)25-8-6-14(7-9-25)12-30-21(33)19(31)18(27-24(25)30)20(32)26-11-15-4-5-16-17(10-15)37-13-36-16/h4-5,10,14,31H,6-9,11-13H2,1-3H3,(H,26,32). The van der Waals surface area contributed by atoms with Crippen molar-refractivity contribution in [2.75, 3.05) is 27.9 Å². The Morgan fingerprint density at radius 1 is 1.14 bits per heavy atom. The van der Waals surface area contributed by atoms with E-state index in [1.807, 2.05) is 0 Å². The number of hydrogen-bond acceptors (Lipinski definition) is 8. The highest BCUT2D eigenvalue weighted by atomic mass is 16.7. The molecule has 37 heavy (non-hydrogen) atoms. The van der Waals surface area contributed by atoms with Crippen LogP contribution in [0.1, 0.15) is 47.6 Å². The highest BCUT2D eigenvalue weighted by Crippen LogP contribution is 2.46. The molecule has 3 aliphatic heterocycles. The zero-order valence-corrected chi connectivity index (χ0v) is 20.9. The van der Waals surface area contributed by atoms with Gasteiger partial charge >= 0.3 is 11.8 Å². The predicted molar refractivity (Wildman–Crippen MR) is 129 cm³/mol. The number of aromatic hydroxyl groups is 1. The number of carbonyl (C=O) groups excluding carboxylic acids is 3. The van der Waals surface area contributed by atoms with Crippen molar-refractivity contribution in [3.8, 4) is 17.2 Å². The number of aromatic nitrogens is 2. The molecule has 2 N–H and O–H groups in total. The Morgan fingerprint density at radius 2 is 1.84 bits per heavy atom. The molecule has 12 nitrogen and oxygen atoms in total. The Balaban J connectivity index is 1.50. The van der Waals surface area contributed by atoms with Crippen molar-refractivity contribution in [1.29, 1.82) is 0 Å². The molecule has 1 aliphatic carbocycles. The molecular formula is C25H29N5O7. The van der Waals surface area contributed by atoms with Gasteiger partial charge in [-0.15, -0.1) is 0 Å². The van der Waals surface area contributed by atoms with Crippen LogP contribution in [-0.4, -0.2) is 70.1 Å². The van der Waals surface area contributed by atoms with Crippen molar-refractivity contribution >= 4 is 17.7 Å². The minimum Gasteiger partial charge on any atom is -0.501 e. The van der Waals surface area contributed by atoms with E-state index in [-0.39, 0.29) is 25.1 Å². The van der Waals surface area contributed by atoms with E-state index in [0.29, 0.717) is 43.7 Å². The maximum Gasteiger partial charge on any atom is 0.312 e. The van der Waals surface area contributed by atoms with Gasteiger partial charge in [-0.2, -0.15) is 0 Å². The number of nitrogens with one attached hydrogen (secondary N) is 1. The van der Waals surface area contributed by atoms with E-state index in [1.54, 1.807) is 18.2 Å². The van der Waals surface area contributed by atoms with Crippen molar-refractivity contribution in [3.63, 3.8) is 0 Å². The summed E-state index contributed by atoms with van der Waals surface area (Å²) in [6.07, 6.45) is 2.39. The quantitative estimate of drug-likeness (QED) is 0.567. The van der Waals surface area contributed by atoms with E-state index in [2.05, 4.69) is 10.3 Å². The maximum atomic E-state index is 13.3. The highest BCUT2D eigenvalue weighted by molar-refractivity contribution is 6.34. The summed E-state index contributed by atoms with van der Waals surface area (Å²) in [5.74, 6) is -1.36. The third kappa shape index (κ3) is 4.05. The van der Waals surface area contributed by atoms with Gasteiger partial charge in [0.1, 0.15) is 11.4 Å². The Kier molecular flexibility index (Phi) is 6.04. The second-order valence-corrected chi connectivity index (χ2v) is 9.96. The van der Waals surface area contributed by atoms with Crippen LogP contribution in [0.2, 0.25) is 0 Å². The van der Waals surface area contributed by atoms with E-state index in [1.165, 1.54) is 35.5 Å². The van der Waals surface area contributed by atoms with Crippen LogP contribution in [-0.2, 0) is 28.2 Å². The molecule has 196 valence electrons. The second-order valence-electron chi connectivity index (χ2n) is 9.96. The smallest absolute Gasteiger partial charge is 0.312 e. The molecule has 0 saturated heterocycles. The molecule has 4 heterocycles. The summed E-state index contributed by atoms with van der Waals surface area (Å²) >= 11 is 0. The van der Waals surface area contributed by atoms with Gasteiger partial charge < -0.3 is 29.7 Å². The van der Waals surface area contributed by atoms with Gasteiger partial charge in [0.2, 0.25) is 12.5 Å². The minimum absolute atomic E-state index is 0.0952. The van der Waals surface area contributed by atoms with Gasteiger partial charge in [0, 0.05) is 34.2 Å². The van der Waals surface area contributed by atoms with Gasteiger partial charge in [0.05, 0.1) is 0 Å². The molecule has 1 aromatic heterocycles. The molecule has 1 aromatic carbocycles. The molecule has 1 saturated carbocycles. The molecule has 0 radical (unpaired) electrons. The van der Waals surface area contributed by atoms with Gasteiger partial charge in [-0.05, 0) is 49.3 Å². The van der Waals surface area contributed by atoms with Crippen molar-refractivity contribution in [2.45, 2.75) is 44.3 Å². The number of ether oxygens (including phenoxy) is 2. The van der Waals surface area contributed by atoms with Crippen molar-refractivity contribution in [2.24, 2.45) is 5.92 Å². The zero-order chi connectivity index (χ0) is 26.5. The molecule has 0 spiro atoms. The first-order chi connectivity index (χ1) is 17.6. The fraction of sp³-hybridized carbons (Fsp3) is 0.480. The van der Waals surface area contributed by atoms with Crippen LogP contribution < -0.4 is 20.3 Å². The summed E-state index contributed by atoms with van der Waals surface area (Å²) < 4.78 is 12.0. The number of nitrogens with zero attached hydrogens (tertiary/aromatic N) is 4. The first kappa shape index (κ1) is 24.6. The fourth-order valence-electron chi connectivity index (χ4n) is 5.38. The van der Waals surface area contributed by atoms with Gasteiger partial charge in [-0.3, -0.25) is 23.7 Å². The van der Waals surface area contributed by atoms with Crippen LogP contribution in [0.5, 0.6) is 17.2 Å². The normalized spacial score (nSPS) is 21.1. The van der Waals surface area contributed by atoms with Crippen LogP contribution in [0, 0.1) is 5.92 Å². The number of rotatable bonds is 4. The van der Waals surface area contributed by atoms with Crippen LogP contribution in [0.3, 0.4) is 0 Å². The lowest BCUT2D eigenvalue weighted by molar-refractivity contribution is -0.154. The molecule has 4 aliphatic rings. The van der Waals surface area contributed by atoms with Gasteiger partial charge in [0.15, 0.2) is 17.2 Å². The Morgan fingerprint density at radius 3 is 2.54 bits per heavy atom. The van der Waals surface area contributed by atoms with Crippen LogP contribution in [0.4, 0.5) is 0 Å². The zero-order valence-electron chi connectivity index (χ0n) is 20.9. The van der Waals surface area contributed by atoms with Crippen molar-refractivity contribution in [1.82, 2.24) is 24.7 Å². The summed E-state index contributed by atoms with van der Waals surface area (Å²) in [4.78, 5) is 59.0. The lowest BCUT2D eigenvalue weighted by Crippen LogP contribution is -2.54. The SMILES string of the molecule is CN(C)C(=O)C(=O)N(C)C12CCC(CC1)Cn1c2nc(C(=O)NCc2ccc3c(c2)OCO3)c(O)c1=O. The van der Waals surface area contributed by atoms with E-state index >= 15 is 0 Å². The molecular weight excluding hydrogens is 482 g/mol. The monoisotopic (exact) mass is 511 g/mol. The highest BCUT2D eigenvalue weighted by Gasteiger charge is 2.50. The van der Waals surface area contributed by atoms with E-state index in [9.17, 15) is 24.3 Å². The first-order valence-corrected chi connectivity index (χ1v) is 12.1. The lowest BCUT2D eigenvalue weighted by atomic mass is 9.76. The van der Waals surface area contributed by atoms with Crippen LogP contribution >= 0.6 is 0 Å². The van der Waals surface area contributed by atoms with E-state index < -0.39 is 40.3 Å². The molecule has 0 unspecified atom stereocenters. The molecule has 1 fully saturated rings. The number of carbonyl (C=O) groups is 3. The number of benzene rings is 1. The second kappa shape index (κ2) is 9.09.